The van der Waals surface area contributed by atoms with Gasteiger partial charge < -0.3 is 0 Å². The van der Waals surface area contributed by atoms with Crippen LogP contribution in [0.25, 0.3) is 0 Å². The van der Waals surface area contributed by atoms with Gasteiger partial charge in [-0.2, -0.15) is 13.2 Å². The van der Waals surface area contributed by atoms with E-state index in [2.05, 4.69) is 4.99 Å². The number of para-hydroxylation sites is 1. The zero-order valence-electron chi connectivity index (χ0n) is 6.95. The summed E-state index contributed by atoms with van der Waals surface area (Å²) in [6.45, 7) is 0. The van der Waals surface area contributed by atoms with Crippen molar-refractivity contribution in [1.82, 2.24) is 0 Å². The highest BCUT2D eigenvalue weighted by molar-refractivity contribution is 14.1. The van der Waals surface area contributed by atoms with Crippen molar-refractivity contribution in [2.45, 2.75) is 6.18 Å². The van der Waals surface area contributed by atoms with Crippen LogP contribution >= 0.6 is 45.8 Å². The van der Waals surface area contributed by atoms with E-state index in [0.717, 1.165) is 0 Å². The van der Waals surface area contributed by atoms with Crippen molar-refractivity contribution in [3.63, 3.8) is 0 Å². The Morgan fingerprint density at radius 1 is 1.33 bits per heavy atom. The Bertz CT molecular complexity index is 383. The van der Waals surface area contributed by atoms with Crippen molar-refractivity contribution >= 4 is 56.7 Å². The van der Waals surface area contributed by atoms with Gasteiger partial charge in [0.2, 0.25) is 5.17 Å². The Labute approximate surface area is 107 Å². The fourth-order valence-electron chi connectivity index (χ4n) is 0.757. The molecule has 0 aromatic heterocycles. The summed E-state index contributed by atoms with van der Waals surface area (Å²) in [7, 11) is 0. The molecule has 1 nitrogen and oxygen atoms in total. The lowest BCUT2D eigenvalue weighted by molar-refractivity contribution is -0.0558. The van der Waals surface area contributed by atoms with Crippen LogP contribution in [0.1, 0.15) is 0 Å². The zero-order valence-corrected chi connectivity index (χ0v) is 10.6. The average molecular weight is 368 g/mol. The van der Waals surface area contributed by atoms with Crippen molar-refractivity contribution in [1.29, 1.82) is 0 Å². The highest BCUT2D eigenvalue weighted by Crippen LogP contribution is 2.32. The molecule has 0 heterocycles. The fourth-order valence-corrected chi connectivity index (χ4v) is 1.84. The molecule has 0 N–H and O–H groups in total. The molecule has 0 aliphatic heterocycles. The first-order valence-corrected chi connectivity index (χ1v) is 5.41. The lowest BCUT2D eigenvalue weighted by Crippen LogP contribution is -2.16. The van der Waals surface area contributed by atoms with Crippen LogP contribution in [-0.4, -0.2) is 11.3 Å². The van der Waals surface area contributed by atoms with Gasteiger partial charge in [-0.1, -0.05) is 29.3 Å². The van der Waals surface area contributed by atoms with Crippen molar-refractivity contribution in [2.24, 2.45) is 4.99 Å². The van der Waals surface area contributed by atoms with Crippen LogP contribution in [-0.2, 0) is 0 Å². The fraction of sp³-hybridized carbons (Fsp3) is 0.125. The van der Waals surface area contributed by atoms with Crippen LogP contribution in [0.3, 0.4) is 0 Å². The Morgan fingerprint density at radius 2 is 1.93 bits per heavy atom. The molecule has 82 valence electrons. The monoisotopic (exact) mass is 367 g/mol. The molecule has 0 radical (unpaired) electrons. The molecule has 0 unspecified atom stereocenters. The normalized spacial score (nSPS) is 13.1. The van der Waals surface area contributed by atoms with Gasteiger partial charge in [0.05, 0.1) is 10.7 Å². The van der Waals surface area contributed by atoms with Gasteiger partial charge in [-0.3, -0.25) is 0 Å². The summed E-state index contributed by atoms with van der Waals surface area (Å²) < 4.78 is 36.8. The van der Waals surface area contributed by atoms with E-state index in [0.29, 0.717) is 3.57 Å². The maximum atomic E-state index is 12.1. The van der Waals surface area contributed by atoms with E-state index in [4.69, 9.17) is 23.2 Å². The summed E-state index contributed by atoms with van der Waals surface area (Å²) in [5.41, 5.74) is 0.0297. The van der Waals surface area contributed by atoms with Crippen molar-refractivity contribution < 1.29 is 13.2 Å². The van der Waals surface area contributed by atoms with Crippen LogP contribution in [0.15, 0.2) is 23.2 Å². The van der Waals surface area contributed by atoms with Gasteiger partial charge in [-0.25, -0.2) is 4.99 Å². The minimum atomic E-state index is -4.65. The van der Waals surface area contributed by atoms with Crippen LogP contribution in [0.5, 0.6) is 0 Å². The van der Waals surface area contributed by atoms with Gasteiger partial charge in [0.25, 0.3) is 0 Å². The minimum absolute atomic E-state index is 0.0297. The summed E-state index contributed by atoms with van der Waals surface area (Å²) in [4.78, 5) is 3.25. The average Bonchev–Trinajstić information content (AvgIpc) is 2.09. The number of benzene rings is 1. The molecule has 0 aliphatic rings. The molecule has 0 fully saturated rings. The topological polar surface area (TPSA) is 12.4 Å². The van der Waals surface area contributed by atoms with Crippen molar-refractivity contribution in [3.8, 4) is 0 Å². The van der Waals surface area contributed by atoms with Crippen LogP contribution in [0.2, 0.25) is 5.02 Å². The molecule has 0 amide bonds. The molecule has 7 heteroatoms. The van der Waals surface area contributed by atoms with Gasteiger partial charge in [-0.15, -0.1) is 0 Å². The van der Waals surface area contributed by atoms with E-state index in [1.807, 2.05) is 22.6 Å². The van der Waals surface area contributed by atoms with Gasteiger partial charge in [0.1, 0.15) is 0 Å². The van der Waals surface area contributed by atoms with Gasteiger partial charge >= 0.3 is 6.18 Å². The largest absolute Gasteiger partial charge is 0.444 e. The standard InChI is InChI=1S/C8H3Cl2F3IN/c9-4-2-1-3-5(14)6(4)15-7(10)8(11,12)13/h1-3H. The summed E-state index contributed by atoms with van der Waals surface area (Å²) in [5.74, 6) is 0. The number of hydrogen-bond acceptors (Lipinski definition) is 1. The van der Waals surface area contributed by atoms with E-state index in [9.17, 15) is 13.2 Å². The Hall–Kier alpha value is -0.0100. The first-order chi connectivity index (χ1) is 6.82. The first-order valence-electron chi connectivity index (χ1n) is 3.58. The third-order valence-electron chi connectivity index (χ3n) is 1.38. The zero-order chi connectivity index (χ0) is 11.6. The van der Waals surface area contributed by atoms with Gasteiger partial charge in [0.15, 0.2) is 0 Å². The molecule has 0 saturated heterocycles. The number of nitrogens with zero attached hydrogens (tertiary/aromatic N) is 1. The second-order valence-electron chi connectivity index (χ2n) is 2.47. The van der Waals surface area contributed by atoms with E-state index in [1.54, 1.807) is 12.1 Å². The summed E-state index contributed by atoms with van der Waals surface area (Å²) in [6, 6.07) is 4.65. The summed E-state index contributed by atoms with van der Waals surface area (Å²) in [6.07, 6.45) is -4.65. The number of hydrogen-bond donors (Lipinski definition) is 0. The lowest BCUT2D eigenvalue weighted by Gasteiger charge is -2.05. The molecule has 0 atom stereocenters. The molecule has 15 heavy (non-hydrogen) atoms. The van der Waals surface area contributed by atoms with Crippen LogP contribution in [0.4, 0.5) is 18.9 Å². The highest BCUT2D eigenvalue weighted by Gasteiger charge is 2.34. The molecule has 1 aromatic carbocycles. The summed E-state index contributed by atoms with van der Waals surface area (Å²) in [5, 5.41) is -1.31. The number of aliphatic imine (C=N–C) groups is 1. The van der Waals surface area contributed by atoms with E-state index in [-0.39, 0.29) is 10.7 Å². The Kier molecular flexibility index (Phi) is 4.25. The molecule has 1 aromatic rings. The highest BCUT2D eigenvalue weighted by atomic mass is 127. The number of halogens is 6. The minimum Gasteiger partial charge on any atom is -0.230 e. The quantitative estimate of drug-likeness (QED) is 0.500. The second kappa shape index (κ2) is 4.88. The molecular weight excluding hydrogens is 365 g/mol. The van der Waals surface area contributed by atoms with Gasteiger partial charge in [0, 0.05) is 3.57 Å². The molecule has 0 bridgehead atoms. The van der Waals surface area contributed by atoms with Crippen LogP contribution < -0.4 is 0 Å². The maximum absolute atomic E-state index is 12.1. The van der Waals surface area contributed by atoms with Crippen LogP contribution in [0, 0.1) is 3.57 Å². The van der Waals surface area contributed by atoms with Gasteiger partial charge in [-0.05, 0) is 34.7 Å². The Balaban J connectivity index is 3.19. The molecule has 1 rings (SSSR count). The van der Waals surface area contributed by atoms with E-state index >= 15 is 0 Å². The third-order valence-corrected chi connectivity index (χ3v) is 2.86. The Morgan fingerprint density at radius 3 is 2.40 bits per heavy atom. The van der Waals surface area contributed by atoms with E-state index < -0.39 is 11.3 Å². The van der Waals surface area contributed by atoms with E-state index in [1.165, 1.54) is 6.07 Å². The van der Waals surface area contributed by atoms with Crippen molar-refractivity contribution in [3.05, 3.63) is 26.8 Å². The number of rotatable bonds is 1. The second-order valence-corrected chi connectivity index (χ2v) is 4.40. The lowest BCUT2D eigenvalue weighted by atomic mass is 10.3. The molecule has 0 aliphatic carbocycles. The predicted molar refractivity (Wildman–Crippen MR) is 63.2 cm³/mol. The number of alkyl halides is 3. The molecule has 0 saturated carbocycles. The SMILES string of the molecule is FC(F)(F)C(Cl)=Nc1c(Cl)cccc1I. The smallest absolute Gasteiger partial charge is 0.230 e. The third kappa shape index (κ3) is 3.49. The first kappa shape index (κ1) is 13.1. The molecule has 0 spiro atoms. The maximum Gasteiger partial charge on any atom is 0.444 e. The van der Waals surface area contributed by atoms with Crippen molar-refractivity contribution in [2.75, 3.05) is 0 Å². The summed E-state index contributed by atoms with van der Waals surface area (Å²) >= 11 is 12.5. The predicted octanol–water partition coefficient (Wildman–Crippen LogP) is 4.78. The molecular formula is C8H3Cl2F3IN.